The van der Waals surface area contributed by atoms with Gasteiger partial charge in [-0.15, -0.1) is 11.6 Å². The Balaban J connectivity index is 3.38. The fraction of sp³-hybridized carbons (Fsp3) is 0.250. The Morgan fingerprint density at radius 3 is 2.67 bits per heavy atom. The summed E-state index contributed by atoms with van der Waals surface area (Å²) in [5.41, 5.74) is -0.851. The van der Waals surface area contributed by atoms with Crippen LogP contribution in [0.4, 0.5) is 8.78 Å². The second-order valence-electron chi connectivity index (χ2n) is 2.60. The molecule has 15 heavy (non-hydrogen) atoms. The van der Waals surface area contributed by atoms with E-state index in [2.05, 4.69) is 20.9 Å². The minimum atomic E-state index is -2.82. The van der Waals surface area contributed by atoms with Crippen molar-refractivity contribution in [2.45, 2.75) is 12.3 Å². The van der Waals surface area contributed by atoms with E-state index in [9.17, 15) is 13.6 Å². The zero-order valence-electron chi connectivity index (χ0n) is 7.18. The summed E-state index contributed by atoms with van der Waals surface area (Å²) in [6, 6.07) is 1.06. The van der Waals surface area contributed by atoms with Crippen LogP contribution in [0, 0.1) is 0 Å². The summed E-state index contributed by atoms with van der Waals surface area (Å²) in [6.07, 6.45) is -2.82. The van der Waals surface area contributed by atoms with Crippen molar-refractivity contribution in [1.82, 2.24) is 4.98 Å². The fourth-order valence-electron chi connectivity index (χ4n) is 0.975. The second-order valence-corrected chi connectivity index (χ2v) is 3.72. The van der Waals surface area contributed by atoms with Gasteiger partial charge in [-0.05, 0) is 6.07 Å². The van der Waals surface area contributed by atoms with Crippen LogP contribution < -0.4 is 0 Å². The number of nitrogens with zero attached hydrogens (tertiary/aromatic N) is 1. The predicted molar refractivity (Wildman–Crippen MR) is 53.4 cm³/mol. The lowest BCUT2D eigenvalue weighted by Crippen LogP contribution is -2.08. The minimum Gasteiger partial charge on any atom is -0.477 e. The molecule has 0 fully saturated rings. The van der Waals surface area contributed by atoms with Gasteiger partial charge in [0.05, 0.1) is 5.88 Å². The summed E-state index contributed by atoms with van der Waals surface area (Å²) in [7, 11) is 0. The third kappa shape index (κ3) is 2.63. The zero-order chi connectivity index (χ0) is 11.6. The smallest absolute Gasteiger partial charge is 0.354 e. The van der Waals surface area contributed by atoms with Crippen molar-refractivity contribution in [2.75, 3.05) is 0 Å². The molecular formula is C8H5BrClF2NO2. The zero-order valence-corrected chi connectivity index (χ0v) is 9.52. The SMILES string of the molecule is O=C(O)c1nc(C(F)F)cc(Br)c1CCl. The molecule has 0 unspecified atom stereocenters. The van der Waals surface area contributed by atoms with Crippen molar-refractivity contribution < 1.29 is 18.7 Å². The molecule has 1 heterocycles. The van der Waals surface area contributed by atoms with E-state index >= 15 is 0 Å². The first-order valence-corrected chi connectivity index (χ1v) is 5.06. The Morgan fingerprint density at radius 2 is 2.27 bits per heavy atom. The Bertz CT molecular complexity index is 400. The van der Waals surface area contributed by atoms with Crippen molar-refractivity contribution in [3.05, 3.63) is 27.5 Å². The van der Waals surface area contributed by atoms with E-state index < -0.39 is 23.8 Å². The van der Waals surface area contributed by atoms with E-state index in [-0.39, 0.29) is 15.9 Å². The molecule has 1 aromatic rings. The quantitative estimate of drug-likeness (QED) is 0.872. The third-order valence-electron chi connectivity index (χ3n) is 1.65. The van der Waals surface area contributed by atoms with Crippen LogP contribution in [0.3, 0.4) is 0 Å². The van der Waals surface area contributed by atoms with E-state index in [1.807, 2.05) is 0 Å². The van der Waals surface area contributed by atoms with Crippen molar-refractivity contribution in [2.24, 2.45) is 0 Å². The predicted octanol–water partition coefficient (Wildman–Crippen LogP) is 3.22. The number of carbonyl (C=O) groups is 1. The molecule has 3 nitrogen and oxygen atoms in total. The molecule has 0 aliphatic carbocycles. The number of aromatic nitrogens is 1. The maximum absolute atomic E-state index is 12.3. The van der Waals surface area contributed by atoms with Gasteiger partial charge in [-0.25, -0.2) is 18.6 Å². The van der Waals surface area contributed by atoms with Gasteiger partial charge in [-0.2, -0.15) is 0 Å². The maximum atomic E-state index is 12.3. The van der Waals surface area contributed by atoms with E-state index in [1.165, 1.54) is 0 Å². The molecule has 1 rings (SSSR count). The number of hydrogen-bond donors (Lipinski definition) is 1. The normalized spacial score (nSPS) is 10.7. The van der Waals surface area contributed by atoms with Crippen molar-refractivity contribution >= 4 is 33.5 Å². The highest BCUT2D eigenvalue weighted by Crippen LogP contribution is 2.27. The first-order valence-electron chi connectivity index (χ1n) is 3.74. The second kappa shape index (κ2) is 4.85. The molecule has 0 bridgehead atoms. The van der Waals surface area contributed by atoms with E-state index in [1.54, 1.807) is 0 Å². The highest BCUT2D eigenvalue weighted by molar-refractivity contribution is 9.10. The van der Waals surface area contributed by atoms with Crippen LogP contribution in [-0.2, 0) is 5.88 Å². The van der Waals surface area contributed by atoms with E-state index in [0.717, 1.165) is 6.07 Å². The lowest BCUT2D eigenvalue weighted by Gasteiger charge is -2.07. The maximum Gasteiger partial charge on any atom is 0.354 e. The molecule has 0 aliphatic heterocycles. The molecule has 0 atom stereocenters. The molecule has 0 radical (unpaired) electrons. The van der Waals surface area contributed by atoms with Crippen molar-refractivity contribution in [3.63, 3.8) is 0 Å². The highest BCUT2D eigenvalue weighted by Gasteiger charge is 2.19. The number of alkyl halides is 3. The Kier molecular flexibility index (Phi) is 3.98. The number of aromatic carboxylic acids is 1. The fourth-order valence-corrected chi connectivity index (χ4v) is 1.97. The van der Waals surface area contributed by atoms with Crippen LogP contribution in [-0.4, -0.2) is 16.1 Å². The number of hydrogen-bond acceptors (Lipinski definition) is 2. The molecule has 0 aromatic carbocycles. The lowest BCUT2D eigenvalue weighted by atomic mass is 10.2. The molecule has 0 saturated carbocycles. The van der Waals surface area contributed by atoms with Gasteiger partial charge in [-0.1, -0.05) is 15.9 Å². The van der Waals surface area contributed by atoms with Crippen molar-refractivity contribution in [3.8, 4) is 0 Å². The molecule has 0 spiro atoms. The van der Waals surface area contributed by atoms with Gasteiger partial charge >= 0.3 is 5.97 Å². The number of rotatable bonds is 3. The monoisotopic (exact) mass is 299 g/mol. The van der Waals surface area contributed by atoms with E-state index in [0.29, 0.717) is 0 Å². The Hall–Kier alpha value is -0.750. The Labute approximate surface area is 97.2 Å². The number of halogens is 4. The lowest BCUT2D eigenvalue weighted by molar-refractivity contribution is 0.0687. The summed E-state index contributed by atoms with van der Waals surface area (Å²) >= 11 is 8.47. The number of carboxylic acid groups (broad SMARTS) is 1. The first kappa shape index (κ1) is 12.3. The van der Waals surface area contributed by atoms with Gasteiger partial charge in [0.1, 0.15) is 5.69 Å². The van der Waals surface area contributed by atoms with Gasteiger partial charge in [0.25, 0.3) is 6.43 Å². The average molecular weight is 300 g/mol. The third-order valence-corrected chi connectivity index (χ3v) is 2.62. The van der Waals surface area contributed by atoms with Crippen LogP contribution in [0.2, 0.25) is 0 Å². The van der Waals surface area contributed by atoms with Gasteiger partial charge in [-0.3, -0.25) is 0 Å². The van der Waals surface area contributed by atoms with Crippen molar-refractivity contribution in [1.29, 1.82) is 0 Å². The topological polar surface area (TPSA) is 50.2 Å². The number of pyridine rings is 1. The van der Waals surface area contributed by atoms with Crippen LogP contribution in [0.5, 0.6) is 0 Å². The summed E-state index contributed by atoms with van der Waals surface area (Å²) in [5.74, 6) is -1.49. The molecule has 1 aromatic heterocycles. The van der Waals surface area contributed by atoms with Crippen LogP contribution >= 0.6 is 27.5 Å². The largest absolute Gasteiger partial charge is 0.477 e. The standard InChI is InChI=1S/C8H5BrClF2NO2/c9-4-1-5(7(11)12)13-6(8(14)15)3(4)2-10/h1,7H,2H2,(H,14,15). The molecule has 0 saturated heterocycles. The molecule has 1 N–H and O–H groups in total. The molecule has 0 amide bonds. The van der Waals surface area contributed by atoms with E-state index in [4.69, 9.17) is 16.7 Å². The Morgan fingerprint density at radius 1 is 1.67 bits per heavy atom. The summed E-state index contributed by atoms with van der Waals surface area (Å²) < 4.78 is 24.9. The van der Waals surface area contributed by atoms with Crippen LogP contribution in [0.1, 0.15) is 28.2 Å². The van der Waals surface area contributed by atoms with Crippen LogP contribution in [0.15, 0.2) is 10.5 Å². The molecule has 7 heteroatoms. The van der Waals surface area contributed by atoms with Gasteiger partial charge in [0, 0.05) is 10.0 Å². The van der Waals surface area contributed by atoms with Gasteiger partial charge in [0.15, 0.2) is 5.69 Å². The summed E-state index contributed by atoms with van der Waals surface area (Å²) in [5, 5.41) is 8.74. The highest BCUT2D eigenvalue weighted by atomic mass is 79.9. The van der Waals surface area contributed by atoms with Crippen LogP contribution in [0.25, 0.3) is 0 Å². The summed E-state index contributed by atoms with van der Waals surface area (Å²) in [6.45, 7) is 0. The average Bonchev–Trinajstić information content (AvgIpc) is 2.16. The molecular weight excluding hydrogens is 295 g/mol. The molecule has 0 aliphatic rings. The summed E-state index contributed by atoms with van der Waals surface area (Å²) in [4.78, 5) is 14.1. The van der Waals surface area contributed by atoms with Gasteiger partial charge < -0.3 is 5.11 Å². The molecule has 82 valence electrons. The first-order chi connectivity index (χ1) is 6.97. The van der Waals surface area contributed by atoms with Gasteiger partial charge in [0.2, 0.25) is 0 Å². The number of carboxylic acids is 1. The minimum absolute atomic E-state index is 0.112.